The summed E-state index contributed by atoms with van der Waals surface area (Å²) in [6, 6.07) is 19.6. The number of hydrogen-bond acceptors (Lipinski definition) is 4. The molecule has 3 aromatic carbocycles. The summed E-state index contributed by atoms with van der Waals surface area (Å²) in [5.74, 6) is 1.04. The van der Waals surface area contributed by atoms with E-state index in [1.54, 1.807) is 7.11 Å². The van der Waals surface area contributed by atoms with Crippen LogP contribution in [0.2, 0.25) is 0 Å². The number of rotatable bonds is 3. The number of methoxy groups -OCH3 is 1. The highest BCUT2D eigenvalue weighted by Gasteiger charge is 2.34. The second kappa shape index (κ2) is 7.19. The lowest BCUT2D eigenvalue weighted by molar-refractivity contribution is -0.135. The lowest BCUT2D eigenvalue weighted by atomic mass is 10.0. The fourth-order valence-corrected chi connectivity index (χ4v) is 3.74. The van der Waals surface area contributed by atoms with E-state index >= 15 is 0 Å². The normalized spacial score (nSPS) is 16.2. The average molecular weight is 472 g/mol. The van der Waals surface area contributed by atoms with E-state index in [4.69, 9.17) is 9.47 Å². The maximum Gasteiger partial charge on any atom is 0.243 e. The first-order valence-corrected chi connectivity index (χ1v) is 9.53. The molecule has 0 fully saturated rings. The third-order valence-electron chi connectivity index (χ3n) is 4.44. The Hall–Kier alpha value is -2.61. The molecule has 0 radical (unpaired) electrons. The van der Waals surface area contributed by atoms with Gasteiger partial charge in [-0.15, -0.1) is 5.10 Å². The largest absolute Gasteiger partial charge is 0.496 e. The molecule has 136 valence electrons. The lowest BCUT2D eigenvalue weighted by Gasteiger charge is -2.21. The SMILES string of the molecule is COc1ccc(C2OC(c3cccc(I)c3)=NN2C(C)=O)c2ccccc12. The Kier molecular flexibility index (Phi) is 4.73. The standard InChI is InChI=1S/C21H17IN2O3/c1-13(25)24-21(27-20(23-24)14-6-5-7-15(22)12-14)18-10-11-19(26-2)17-9-4-3-8-16(17)18/h3-12,21H,1-2H3. The number of fused-ring (bicyclic) bond motifs is 1. The van der Waals surface area contributed by atoms with E-state index in [-0.39, 0.29) is 5.91 Å². The Morgan fingerprint density at radius 1 is 1.11 bits per heavy atom. The molecular weight excluding hydrogens is 455 g/mol. The number of benzene rings is 3. The predicted octanol–water partition coefficient (Wildman–Crippen LogP) is 4.69. The van der Waals surface area contributed by atoms with Crippen molar-refractivity contribution in [3.63, 3.8) is 0 Å². The maximum atomic E-state index is 12.2. The molecule has 3 aromatic rings. The summed E-state index contributed by atoms with van der Waals surface area (Å²) >= 11 is 2.24. The van der Waals surface area contributed by atoms with Crippen molar-refractivity contribution in [1.82, 2.24) is 5.01 Å². The van der Waals surface area contributed by atoms with Crippen molar-refractivity contribution < 1.29 is 14.3 Å². The average Bonchev–Trinajstić information content (AvgIpc) is 3.12. The molecule has 0 aliphatic carbocycles. The van der Waals surface area contributed by atoms with Crippen LogP contribution in [0.5, 0.6) is 5.75 Å². The van der Waals surface area contributed by atoms with Gasteiger partial charge in [0.2, 0.25) is 18.0 Å². The molecule has 1 aliphatic rings. The number of halogens is 1. The highest BCUT2D eigenvalue weighted by Crippen LogP contribution is 2.37. The van der Waals surface area contributed by atoms with E-state index < -0.39 is 6.23 Å². The van der Waals surface area contributed by atoms with E-state index in [0.717, 1.165) is 31.2 Å². The summed E-state index contributed by atoms with van der Waals surface area (Å²) in [4.78, 5) is 12.2. The van der Waals surface area contributed by atoms with Gasteiger partial charge >= 0.3 is 0 Å². The Labute approximate surface area is 170 Å². The Balaban J connectivity index is 1.80. The molecule has 5 nitrogen and oxygen atoms in total. The van der Waals surface area contributed by atoms with Crippen molar-refractivity contribution in [2.45, 2.75) is 13.2 Å². The highest BCUT2D eigenvalue weighted by molar-refractivity contribution is 14.1. The summed E-state index contributed by atoms with van der Waals surface area (Å²) in [6.45, 7) is 1.49. The quantitative estimate of drug-likeness (QED) is 0.520. The minimum Gasteiger partial charge on any atom is -0.496 e. The third kappa shape index (κ3) is 3.25. The molecule has 0 aromatic heterocycles. The molecule has 0 N–H and O–H groups in total. The molecule has 0 saturated carbocycles. The van der Waals surface area contributed by atoms with Gasteiger partial charge in [-0.2, -0.15) is 5.01 Å². The van der Waals surface area contributed by atoms with Gasteiger partial charge < -0.3 is 9.47 Å². The zero-order valence-electron chi connectivity index (χ0n) is 14.8. The van der Waals surface area contributed by atoms with Gasteiger partial charge in [0.05, 0.1) is 7.11 Å². The van der Waals surface area contributed by atoms with Crippen molar-refractivity contribution in [3.05, 3.63) is 75.4 Å². The van der Waals surface area contributed by atoms with Crippen LogP contribution in [0, 0.1) is 3.57 Å². The number of ether oxygens (including phenoxy) is 2. The van der Waals surface area contributed by atoms with E-state index in [2.05, 4.69) is 27.7 Å². The minimum absolute atomic E-state index is 0.180. The smallest absolute Gasteiger partial charge is 0.243 e. The molecule has 0 saturated heterocycles. The number of hydrazone groups is 1. The summed E-state index contributed by atoms with van der Waals surface area (Å²) in [5, 5.41) is 7.77. The molecule has 0 bridgehead atoms. The molecule has 1 aliphatic heterocycles. The van der Waals surface area contributed by atoms with Crippen molar-refractivity contribution in [2.24, 2.45) is 5.10 Å². The highest BCUT2D eigenvalue weighted by atomic mass is 127. The molecule has 27 heavy (non-hydrogen) atoms. The first-order chi connectivity index (χ1) is 13.1. The molecular formula is C21H17IN2O3. The summed E-state index contributed by atoms with van der Waals surface area (Å²) in [6.07, 6.45) is -0.619. The van der Waals surface area contributed by atoms with Gasteiger partial charge in [0.15, 0.2) is 0 Å². The van der Waals surface area contributed by atoms with Crippen molar-refractivity contribution in [1.29, 1.82) is 0 Å². The Bertz CT molecular complexity index is 1060. The zero-order valence-corrected chi connectivity index (χ0v) is 17.0. The van der Waals surface area contributed by atoms with E-state index in [0.29, 0.717) is 5.90 Å². The molecule has 1 heterocycles. The molecule has 0 spiro atoms. The van der Waals surface area contributed by atoms with Crippen LogP contribution >= 0.6 is 22.6 Å². The molecule has 1 atom stereocenters. The number of hydrogen-bond donors (Lipinski definition) is 0. The van der Waals surface area contributed by atoms with Gasteiger partial charge in [0, 0.05) is 27.0 Å². The van der Waals surface area contributed by atoms with Gasteiger partial charge in [-0.1, -0.05) is 30.3 Å². The van der Waals surface area contributed by atoms with Crippen LogP contribution in [0.3, 0.4) is 0 Å². The van der Waals surface area contributed by atoms with Gasteiger partial charge in [0.25, 0.3) is 0 Å². The van der Waals surface area contributed by atoms with Crippen LogP contribution in [0.15, 0.2) is 65.8 Å². The lowest BCUT2D eigenvalue weighted by Crippen LogP contribution is -2.25. The maximum absolute atomic E-state index is 12.2. The van der Waals surface area contributed by atoms with Crippen LogP contribution in [0.25, 0.3) is 10.8 Å². The first-order valence-electron chi connectivity index (χ1n) is 8.45. The van der Waals surface area contributed by atoms with Crippen LogP contribution in [0.4, 0.5) is 0 Å². The van der Waals surface area contributed by atoms with Gasteiger partial charge in [0.1, 0.15) is 5.75 Å². The second-order valence-corrected chi connectivity index (χ2v) is 7.40. The molecule has 4 rings (SSSR count). The Morgan fingerprint density at radius 2 is 1.89 bits per heavy atom. The van der Waals surface area contributed by atoms with E-state index in [1.165, 1.54) is 11.9 Å². The van der Waals surface area contributed by atoms with E-state index in [1.807, 2.05) is 60.7 Å². The van der Waals surface area contributed by atoms with E-state index in [9.17, 15) is 4.79 Å². The summed E-state index contributed by atoms with van der Waals surface area (Å²) in [5.41, 5.74) is 1.71. The number of nitrogens with zero attached hydrogens (tertiary/aromatic N) is 2. The van der Waals surface area contributed by atoms with Crippen molar-refractivity contribution in [2.75, 3.05) is 7.11 Å². The monoisotopic (exact) mass is 472 g/mol. The summed E-state index contributed by atoms with van der Waals surface area (Å²) in [7, 11) is 1.65. The van der Waals surface area contributed by atoms with Crippen LogP contribution in [0.1, 0.15) is 24.3 Å². The third-order valence-corrected chi connectivity index (χ3v) is 5.11. The Morgan fingerprint density at radius 3 is 2.59 bits per heavy atom. The second-order valence-electron chi connectivity index (χ2n) is 6.15. The first kappa shape index (κ1) is 17.8. The van der Waals surface area contributed by atoms with Gasteiger partial charge in [-0.05, 0) is 58.3 Å². The molecule has 6 heteroatoms. The number of amides is 1. The van der Waals surface area contributed by atoms with Crippen LogP contribution in [-0.4, -0.2) is 23.9 Å². The predicted molar refractivity (Wildman–Crippen MR) is 113 cm³/mol. The molecule has 1 amide bonds. The van der Waals surface area contributed by atoms with Crippen molar-refractivity contribution >= 4 is 45.2 Å². The topological polar surface area (TPSA) is 51.1 Å². The van der Waals surface area contributed by atoms with Crippen molar-refractivity contribution in [3.8, 4) is 5.75 Å². The fraction of sp³-hybridized carbons (Fsp3) is 0.143. The number of carbonyl (C=O) groups excluding carboxylic acids is 1. The van der Waals surface area contributed by atoms with Gasteiger partial charge in [-0.3, -0.25) is 4.79 Å². The van der Waals surface area contributed by atoms with Gasteiger partial charge in [-0.25, -0.2) is 0 Å². The fourth-order valence-electron chi connectivity index (χ4n) is 3.20. The number of carbonyl (C=O) groups is 1. The summed E-state index contributed by atoms with van der Waals surface area (Å²) < 4.78 is 12.7. The van der Waals surface area contributed by atoms with Crippen LogP contribution < -0.4 is 4.74 Å². The van der Waals surface area contributed by atoms with Crippen LogP contribution in [-0.2, 0) is 9.53 Å². The zero-order chi connectivity index (χ0) is 19.0. The molecule has 1 unspecified atom stereocenters. The minimum atomic E-state index is -0.619.